The Bertz CT molecular complexity index is 1690. The van der Waals surface area contributed by atoms with Gasteiger partial charge in [0.15, 0.2) is 0 Å². The molecule has 262 valence electrons. The molecular weight excluding hydrogens is 607 g/mol. The molecule has 0 aliphatic rings. The monoisotopic (exact) mass is 670 g/mol. The highest BCUT2D eigenvalue weighted by Gasteiger charge is 2.30. The van der Waals surface area contributed by atoms with E-state index in [1.54, 1.807) is 0 Å². The molecule has 0 heterocycles. The van der Waals surface area contributed by atoms with Gasteiger partial charge in [-0.3, -0.25) is 0 Å². The van der Waals surface area contributed by atoms with E-state index >= 15 is 0 Å². The molecule has 4 aromatic rings. The molecule has 4 aromatic carbocycles. The molecule has 4 rings (SSSR count). The van der Waals surface area contributed by atoms with Crippen molar-refractivity contribution in [2.45, 2.75) is 157 Å². The van der Waals surface area contributed by atoms with E-state index in [9.17, 15) is 4.89 Å². The summed E-state index contributed by atoms with van der Waals surface area (Å²) in [6.07, 6.45) is 0. The van der Waals surface area contributed by atoms with Crippen LogP contribution in [0.15, 0.2) is 48.5 Å². The Morgan fingerprint density at radius 2 is 0.667 bits per heavy atom. The normalized spacial score (nSPS) is 13.9. The van der Waals surface area contributed by atoms with Gasteiger partial charge in [0.05, 0.1) is 0 Å². The summed E-state index contributed by atoms with van der Waals surface area (Å²) >= 11 is 0. The van der Waals surface area contributed by atoms with Gasteiger partial charge in [-0.1, -0.05) is 149 Å². The Morgan fingerprint density at radius 1 is 0.375 bits per heavy atom. The second-order valence-electron chi connectivity index (χ2n) is 20.1. The predicted molar refractivity (Wildman–Crippen MR) is 210 cm³/mol. The zero-order chi connectivity index (χ0) is 36.6. The minimum atomic E-state index is -2.30. The third kappa shape index (κ3) is 8.22. The number of benzene rings is 4. The maximum absolute atomic E-state index is 11.7. The summed E-state index contributed by atoms with van der Waals surface area (Å²) in [5, 5.41) is 4.68. The van der Waals surface area contributed by atoms with Gasteiger partial charge < -0.3 is 13.9 Å². The van der Waals surface area contributed by atoms with Crippen LogP contribution in [0, 0.1) is 0 Å². The minimum absolute atomic E-state index is 0.0182. The van der Waals surface area contributed by atoms with Crippen LogP contribution in [-0.4, -0.2) is 4.89 Å². The second kappa shape index (κ2) is 12.3. The molecule has 1 N–H and O–H groups in total. The summed E-state index contributed by atoms with van der Waals surface area (Å²) in [4.78, 5) is 11.7. The smallest absolute Gasteiger partial charge is 0.418 e. The van der Waals surface area contributed by atoms with E-state index in [0.717, 1.165) is 21.9 Å². The molecule has 0 fully saturated rings. The van der Waals surface area contributed by atoms with E-state index in [2.05, 4.69) is 173 Å². The van der Waals surface area contributed by atoms with Crippen molar-refractivity contribution in [1.82, 2.24) is 0 Å². The molecule has 0 unspecified atom stereocenters. The molecule has 0 amide bonds. The Labute approximate surface area is 293 Å². The Kier molecular flexibility index (Phi) is 9.80. The molecule has 0 saturated heterocycles. The Balaban J connectivity index is 1.90. The van der Waals surface area contributed by atoms with Gasteiger partial charge >= 0.3 is 8.60 Å². The summed E-state index contributed by atoms with van der Waals surface area (Å²) < 4.78 is 13.0. The maximum atomic E-state index is 11.7. The molecule has 0 spiro atoms. The number of fused-ring (bicyclic) bond motifs is 2. The van der Waals surface area contributed by atoms with Crippen molar-refractivity contribution in [3.05, 3.63) is 81.9 Å². The molecule has 4 heteroatoms. The average Bonchev–Trinajstić information content (AvgIpc) is 2.87. The van der Waals surface area contributed by atoms with Gasteiger partial charge in [0, 0.05) is 11.1 Å². The van der Waals surface area contributed by atoms with Crippen LogP contribution in [0.5, 0.6) is 11.5 Å². The first-order valence-corrected chi connectivity index (χ1v) is 18.7. The van der Waals surface area contributed by atoms with Gasteiger partial charge in [-0.25, -0.2) is 0 Å². The van der Waals surface area contributed by atoms with Crippen LogP contribution >= 0.6 is 8.60 Å². The van der Waals surface area contributed by atoms with E-state index in [-0.39, 0.29) is 32.5 Å². The van der Waals surface area contributed by atoms with Gasteiger partial charge in [0.25, 0.3) is 0 Å². The first-order chi connectivity index (χ1) is 21.5. The van der Waals surface area contributed by atoms with Crippen LogP contribution in [0.2, 0.25) is 0 Å². The van der Waals surface area contributed by atoms with Crippen molar-refractivity contribution in [2.24, 2.45) is 0 Å². The molecule has 0 aromatic heterocycles. The Morgan fingerprint density at radius 3 is 0.917 bits per heavy atom. The van der Waals surface area contributed by atoms with Crippen LogP contribution in [0.3, 0.4) is 0 Å². The van der Waals surface area contributed by atoms with Gasteiger partial charge in [-0.05, 0) is 101 Å². The molecule has 3 nitrogen and oxygen atoms in total. The topological polar surface area (TPSA) is 38.7 Å². The van der Waals surface area contributed by atoms with Crippen LogP contribution < -0.4 is 9.05 Å². The summed E-state index contributed by atoms with van der Waals surface area (Å²) in [5.74, 6) is 1.34. The summed E-state index contributed by atoms with van der Waals surface area (Å²) in [5.41, 5.74) is 6.71. The van der Waals surface area contributed by atoms with E-state index in [1.165, 1.54) is 33.0 Å². The SMILES string of the molecule is CC(C)(C)c1cc(C(C)(C)C)c2cc(OP(O)Oc3cc4c(C(C)(C)C)cc(C(C)(C)C)cc4cc3C(C)(C)C)c(C(C)(C)C)cc2c1. The number of hydrogen-bond donors (Lipinski definition) is 1. The number of hydrogen-bond acceptors (Lipinski definition) is 3. The van der Waals surface area contributed by atoms with Crippen molar-refractivity contribution in [2.75, 3.05) is 0 Å². The lowest BCUT2D eigenvalue weighted by atomic mass is 9.76. The van der Waals surface area contributed by atoms with Gasteiger partial charge in [0.1, 0.15) is 11.5 Å². The molecule has 0 bridgehead atoms. The highest BCUT2D eigenvalue weighted by molar-refractivity contribution is 7.41. The Hall–Kier alpha value is -2.61. The molecule has 0 aliphatic heterocycles. The highest BCUT2D eigenvalue weighted by Crippen LogP contribution is 2.48. The van der Waals surface area contributed by atoms with E-state index in [4.69, 9.17) is 9.05 Å². The van der Waals surface area contributed by atoms with Crippen LogP contribution in [0.4, 0.5) is 0 Å². The largest absolute Gasteiger partial charge is 0.460 e. The minimum Gasteiger partial charge on any atom is -0.418 e. The fourth-order valence-electron chi connectivity index (χ4n) is 6.40. The lowest BCUT2D eigenvalue weighted by Gasteiger charge is -2.30. The average molecular weight is 671 g/mol. The van der Waals surface area contributed by atoms with Gasteiger partial charge in [0.2, 0.25) is 0 Å². The van der Waals surface area contributed by atoms with Crippen molar-refractivity contribution in [1.29, 1.82) is 0 Å². The van der Waals surface area contributed by atoms with E-state index in [1.807, 2.05) is 0 Å². The quantitative estimate of drug-likeness (QED) is 0.220. The first kappa shape index (κ1) is 38.2. The molecule has 0 atom stereocenters. The molecule has 0 saturated carbocycles. The lowest BCUT2D eigenvalue weighted by Crippen LogP contribution is -2.18. The van der Waals surface area contributed by atoms with E-state index < -0.39 is 8.60 Å². The summed E-state index contributed by atoms with van der Waals surface area (Å²) in [6.45, 7) is 40.4. The van der Waals surface area contributed by atoms with Crippen LogP contribution in [0.25, 0.3) is 21.5 Å². The van der Waals surface area contributed by atoms with Crippen molar-refractivity contribution >= 4 is 30.1 Å². The number of rotatable bonds is 4. The summed E-state index contributed by atoms with van der Waals surface area (Å²) in [7, 11) is -2.30. The third-order valence-corrected chi connectivity index (χ3v) is 10.1. The van der Waals surface area contributed by atoms with Gasteiger partial charge in [-0.2, -0.15) is 0 Å². The van der Waals surface area contributed by atoms with E-state index in [0.29, 0.717) is 11.5 Å². The summed E-state index contributed by atoms with van der Waals surface area (Å²) in [6, 6.07) is 18.1. The standard InChI is InChI=1S/C44H63O3P/c1-39(2,3)29-19-27-21-35(43(13,14)15)37(25-31(27)33(23-29)41(7,8)9)46-48(45)47-38-26-32-28(22-36(38)44(16,17)18)20-30(40(4,5)6)24-34(32)42(10,11)12/h19-26,45H,1-18H3. The van der Waals surface area contributed by atoms with Crippen LogP contribution in [-0.2, 0) is 32.5 Å². The fourth-order valence-corrected chi connectivity index (χ4v) is 7.08. The zero-order valence-corrected chi connectivity index (χ0v) is 34.2. The molecule has 48 heavy (non-hydrogen) atoms. The van der Waals surface area contributed by atoms with Crippen molar-refractivity contribution in [3.63, 3.8) is 0 Å². The highest BCUT2D eigenvalue weighted by atomic mass is 31.2. The molecule has 0 radical (unpaired) electrons. The maximum Gasteiger partial charge on any atom is 0.460 e. The van der Waals surface area contributed by atoms with Crippen molar-refractivity contribution < 1.29 is 13.9 Å². The second-order valence-corrected chi connectivity index (χ2v) is 20.9. The predicted octanol–water partition coefficient (Wildman–Crippen LogP) is 13.5. The van der Waals surface area contributed by atoms with Gasteiger partial charge in [-0.15, -0.1) is 0 Å². The molecular formula is C44H63O3P. The zero-order valence-electron chi connectivity index (χ0n) is 33.3. The van der Waals surface area contributed by atoms with Crippen LogP contribution in [0.1, 0.15) is 158 Å². The fraction of sp³-hybridized carbons (Fsp3) is 0.545. The molecule has 0 aliphatic carbocycles. The van der Waals surface area contributed by atoms with Crippen molar-refractivity contribution in [3.8, 4) is 11.5 Å². The lowest BCUT2D eigenvalue weighted by molar-refractivity contribution is 0.372. The third-order valence-electron chi connectivity index (χ3n) is 9.42. The first-order valence-electron chi connectivity index (χ1n) is 17.6.